The van der Waals surface area contributed by atoms with Gasteiger partial charge in [0.2, 0.25) is 5.91 Å². The molecule has 0 saturated carbocycles. The minimum Gasteiger partial charge on any atom is -0.450 e. The molecule has 8 heteroatoms. The molecule has 0 atom stereocenters. The first-order valence-electron chi connectivity index (χ1n) is 11.5. The number of piperidine rings is 1. The Hall–Kier alpha value is -3.32. The Balaban J connectivity index is 1.51. The van der Waals surface area contributed by atoms with Crippen LogP contribution in [0.15, 0.2) is 53.5 Å². The van der Waals surface area contributed by atoms with Crippen LogP contribution in [-0.4, -0.2) is 41.2 Å². The Kier molecular flexibility index (Phi) is 7.22. The molecule has 1 aromatic heterocycles. The van der Waals surface area contributed by atoms with E-state index in [2.05, 4.69) is 5.32 Å². The molecule has 7 nitrogen and oxygen atoms in total. The fourth-order valence-corrected chi connectivity index (χ4v) is 4.84. The average Bonchev–Trinajstić information content (AvgIpc) is 2.79. The maximum Gasteiger partial charge on any atom is 0.409 e. The van der Waals surface area contributed by atoms with Gasteiger partial charge in [-0.15, -0.1) is 0 Å². The lowest BCUT2D eigenvalue weighted by Gasteiger charge is -2.32. The molecule has 2 amide bonds. The van der Waals surface area contributed by atoms with Gasteiger partial charge in [-0.05, 0) is 68.1 Å². The summed E-state index contributed by atoms with van der Waals surface area (Å²) >= 11 is 6.11. The molecule has 34 heavy (non-hydrogen) atoms. The second-order valence-electron chi connectivity index (χ2n) is 8.57. The van der Waals surface area contributed by atoms with E-state index in [0.29, 0.717) is 54.0 Å². The van der Waals surface area contributed by atoms with Crippen LogP contribution in [0.3, 0.4) is 0 Å². The Morgan fingerprint density at radius 3 is 2.59 bits per heavy atom. The van der Waals surface area contributed by atoms with Crippen LogP contribution in [0, 0.1) is 6.92 Å². The number of amides is 2. The third kappa shape index (κ3) is 5.25. The van der Waals surface area contributed by atoms with E-state index in [1.807, 2.05) is 25.1 Å². The first kappa shape index (κ1) is 23.8. The number of aromatic nitrogens is 1. The van der Waals surface area contributed by atoms with Gasteiger partial charge in [-0.1, -0.05) is 23.7 Å². The average molecular weight is 482 g/mol. The summed E-state index contributed by atoms with van der Waals surface area (Å²) in [7, 11) is 0. The number of fused-ring (bicyclic) bond motifs is 1. The number of hydrogen-bond donors (Lipinski definition) is 1. The summed E-state index contributed by atoms with van der Waals surface area (Å²) in [5.41, 5.74) is 2.32. The third-order valence-corrected chi connectivity index (χ3v) is 6.32. The summed E-state index contributed by atoms with van der Waals surface area (Å²) < 4.78 is 6.82. The molecule has 2 heterocycles. The van der Waals surface area contributed by atoms with E-state index in [9.17, 15) is 14.4 Å². The Morgan fingerprint density at radius 2 is 1.88 bits per heavy atom. The van der Waals surface area contributed by atoms with Crippen molar-refractivity contribution < 1.29 is 14.3 Å². The van der Waals surface area contributed by atoms with Gasteiger partial charge >= 0.3 is 6.09 Å². The zero-order valence-corrected chi connectivity index (χ0v) is 20.1. The molecule has 0 bridgehead atoms. The largest absolute Gasteiger partial charge is 0.450 e. The van der Waals surface area contributed by atoms with Crippen molar-refractivity contribution in [3.63, 3.8) is 0 Å². The molecule has 0 radical (unpaired) electrons. The maximum atomic E-state index is 13.3. The molecule has 178 valence electrons. The van der Waals surface area contributed by atoms with Gasteiger partial charge in [-0.2, -0.15) is 0 Å². The molecule has 0 spiro atoms. The lowest BCUT2D eigenvalue weighted by molar-refractivity contribution is -0.115. The number of nitrogens with zero attached hydrogens (tertiary/aromatic N) is 2. The Labute approximate surface area is 203 Å². The van der Waals surface area contributed by atoms with E-state index in [1.165, 1.54) is 0 Å². The van der Waals surface area contributed by atoms with Gasteiger partial charge in [0.1, 0.15) is 0 Å². The molecule has 0 unspecified atom stereocenters. The van der Waals surface area contributed by atoms with Crippen molar-refractivity contribution in [2.45, 2.75) is 39.2 Å². The summed E-state index contributed by atoms with van der Waals surface area (Å²) in [6, 6.07) is 12.8. The fourth-order valence-electron chi connectivity index (χ4n) is 4.52. The van der Waals surface area contributed by atoms with E-state index in [4.69, 9.17) is 16.3 Å². The van der Waals surface area contributed by atoms with E-state index >= 15 is 0 Å². The topological polar surface area (TPSA) is 80.6 Å². The number of likely N-dealkylation sites (tertiary alicyclic amines) is 1. The number of aryl methyl sites for hydroxylation is 1. The molecular formula is C26H28ClN3O4. The molecule has 1 N–H and O–H groups in total. The lowest BCUT2D eigenvalue weighted by atomic mass is 10.0. The predicted molar refractivity (Wildman–Crippen MR) is 134 cm³/mol. The van der Waals surface area contributed by atoms with Crippen molar-refractivity contribution in [3.8, 4) is 0 Å². The first-order valence-corrected chi connectivity index (χ1v) is 11.8. The van der Waals surface area contributed by atoms with Crippen LogP contribution < -0.4 is 10.9 Å². The summed E-state index contributed by atoms with van der Waals surface area (Å²) in [6.07, 6.45) is 3.03. The van der Waals surface area contributed by atoms with Gasteiger partial charge in [0.25, 0.3) is 5.56 Å². The van der Waals surface area contributed by atoms with E-state index in [-0.39, 0.29) is 30.0 Å². The van der Waals surface area contributed by atoms with Crippen molar-refractivity contribution in [3.05, 3.63) is 75.2 Å². The summed E-state index contributed by atoms with van der Waals surface area (Å²) in [5, 5.41) is 4.78. The molecule has 3 aromatic rings. The van der Waals surface area contributed by atoms with Crippen molar-refractivity contribution in [2.75, 3.05) is 25.0 Å². The van der Waals surface area contributed by atoms with Crippen LogP contribution >= 0.6 is 11.6 Å². The van der Waals surface area contributed by atoms with E-state index in [1.54, 1.807) is 46.9 Å². The first-order chi connectivity index (χ1) is 16.4. The minimum absolute atomic E-state index is 0.00638. The highest BCUT2D eigenvalue weighted by Crippen LogP contribution is 2.26. The van der Waals surface area contributed by atoms with Crippen molar-refractivity contribution in [2.24, 2.45) is 0 Å². The number of benzene rings is 2. The van der Waals surface area contributed by atoms with Crippen molar-refractivity contribution in [1.82, 2.24) is 9.47 Å². The van der Waals surface area contributed by atoms with Gasteiger partial charge in [-0.25, -0.2) is 4.79 Å². The molecule has 4 rings (SSSR count). The van der Waals surface area contributed by atoms with Crippen LogP contribution in [0.5, 0.6) is 0 Å². The predicted octanol–water partition coefficient (Wildman–Crippen LogP) is 4.94. The van der Waals surface area contributed by atoms with Gasteiger partial charge < -0.3 is 19.5 Å². The maximum absolute atomic E-state index is 13.3. The summed E-state index contributed by atoms with van der Waals surface area (Å²) in [4.78, 5) is 39.6. The second-order valence-corrected chi connectivity index (χ2v) is 9.01. The zero-order valence-electron chi connectivity index (χ0n) is 19.3. The molecule has 1 aliphatic rings. The number of anilines is 1. The van der Waals surface area contributed by atoms with Crippen LogP contribution in [0.1, 0.15) is 36.9 Å². The number of pyridine rings is 1. The van der Waals surface area contributed by atoms with Gasteiger partial charge in [0.05, 0.1) is 13.0 Å². The van der Waals surface area contributed by atoms with Crippen LogP contribution in [0.2, 0.25) is 5.02 Å². The van der Waals surface area contributed by atoms with E-state index in [0.717, 1.165) is 11.1 Å². The molecule has 1 aliphatic heterocycles. The second kappa shape index (κ2) is 10.3. The number of nitrogens with one attached hydrogen (secondary N) is 1. The van der Waals surface area contributed by atoms with E-state index < -0.39 is 0 Å². The van der Waals surface area contributed by atoms with Crippen LogP contribution in [0.25, 0.3) is 10.8 Å². The molecule has 2 aromatic carbocycles. The van der Waals surface area contributed by atoms with Gasteiger partial charge in [0.15, 0.2) is 0 Å². The normalized spacial score (nSPS) is 14.3. The quantitative estimate of drug-likeness (QED) is 0.559. The van der Waals surface area contributed by atoms with Gasteiger partial charge in [-0.3, -0.25) is 9.59 Å². The molecule has 0 aliphatic carbocycles. The SMILES string of the molecule is CCOC(=O)N1CCC(n2ccc3c(NC(=O)Cc4cc(C)cc(Cl)c4)cccc3c2=O)CC1. The van der Waals surface area contributed by atoms with Crippen LogP contribution in [0.4, 0.5) is 10.5 Å². The standard InChI is InChI=1S/C26H28ClN3O4/c1-3-34-26(33)29-10-7-20(8-11-29)30-12-9-21-22(25(30)32)5-4-6-23(21)28-24(31)16-18-13-17(2)14-19(27)15-18/h4-6,9,12-15,20H,3,7-8,10-11,16H2,1-2H3,(H,28,31). The number of carbonyl (C=O) groups is 2. The Bertz CT molecular complexity index is 1260. The number of halogens is 1. The summed E-state index contributed by atoms with van der Waals surface area (Å²) in [6.45, 7) is 5.17. The zero-order chi connectivity index (χ0) is 24.2. The lowest BCUT2D eigenvalue weighted by Crippen LogP contribution is -2.41. The molecule has 1 fully saturated rings. The molecule has 1 saturated heterocycles. The number of carbonyl (C=O) groups excluding carboxylic acids is 2. The van der Waals surface area contributed by atoms with Crippen molar-refractivity contribution in [1.29, 1.82) is 0 Å². The minimum atomic E-state index is -0.305. The highest BCUT2D eigenvalue weighted by Gasteiger charge is 2.25. The fraction of sp³-hybridized carbons (Fsp3) is 0.346. The third-order valence-electron chi connectivity index (χ3n) is 6.10. The van der Waals surface area contributed by atoms with Crippen LogP contribution in [-0.2, 0) is 16.0 Å². The molecular weight excluding hydrogens is 454 g/mol. The van der Waals surface area contributed by atoms with Gasteiger partial charge in [0, 0.05) is 46.8 Å². The highest BCUT2D eigenvalue weighted by molar-refractivity contribution is 6.30. The summed E-state index contributed by atoms with van der Waals surface area (Å²) in [5.74, 6) is -0.176. The highest BCUT2D eigenvalue weighted by atomic mass is 35.5. The Morgan fingerprint density at radius 1 is 1.12 bits per heavy atom. The van der Waals surface area contributed by atoms with Crippen molar-refractivity contribution >= 4 is 40.1 Å². The monoisotopic (exact) mass is 481 g/mol. The smallest absolute Gasteiger partial charge is 0.409 e. The number of ether oxygens (including phenoxy) is 1. The number of rotatable bonds is 5. The number of hydrogen-bond acceptors (Lipinski definition) is 4.